The SMILES string of the molecule is CC(=O)N1CCCCC1Cc1c(O)c(O)c2n(c1=O)CCN(Cc1ccc(F)cc1)C2=O. The first-order valence-corrected chi connectivity index (χ1v) is 10.8. The minimum absolute atomic E-state index is 0.0178. The predicted molar refractivity (Wildman–Crippen MR) is 114 cm³/mol. The molecule has 32 heavy (non-hydrogen) atoms. The lowest BCUT2D eigenvalue weighted by Crippen LogP contribution is -2.47. The number of rotatable bonds is 4. The zero-order valence-corrected chi connectivity index (χ0v) is 17.9. The summed E-state index contributed by atoms with van der Waals surface area (Å²) in [7, 11) is 0. The van der Waals surface area contributed by atoms with Crippen molar-refractivity contribution in [2.24, 2.45) is 0 Å². The van der Waals surface area contributed by atoms with Gasteiger partial charge in [0.05, 0.1) is 5.56 Å². The second-order valence-electron chi connectivity index (χ2n) is 8.40. The molecule has 9 heteroatoms. The highest BCUT2D eigenvalue weighted by Gasteiger charge is 2.34. The van der Waals surface area contributed by atoms with Crippen LogP contribution in [0.5, 0.6) is 11.5 Å². The number of hydrogen-bond acceptors (Lipinski definition) is 5. The molecule has 1 unspecified atom stereocenters. The van der Waals surface area contributed by atoms with Crippen LogP contribution in [0, 0.1) is 5.82 Å². The normalized spacial score (nSPS) is 18.6. The molecule has 4 rings (SSSR count). The number of nitrogens with zero attached hydrogens (tertiary/aromatic N) is 3. The van der Waals surface area contributed by atoms with Crippen molar-refractivity contribution in [3.63, 3.8) is 0 Å². The van der Waals surface area contributed by atoms with Crippen LogP contribution in [0.1, 0.15) is 47.8 Å². The smallest absolute Gasteiger partial charge is 0.274 e. The third kappa shape index (κ3) is 3.94. The van der Waals surface area contributed by atoms with Crippen molar-refractivity contribution in [2.75, 3.05) is 13.1 Å². The number of pyridine rings is 1. The summed E-state index contributed by atoms with van der Waals surface area (Å²) < 4.78 is 14.4. The Morgan fingerprint density at radius 1 is 1.06 bits per heavy atom. The van der Waals surface area contributed by atoms with E-state index in [-0.39, 0.29) is 55.1 Å². The lowest BCUT2D eigenvalue weighted by Gasteiger charge is -2.35. The Bertz CT molecular complexity index is 1110. The van der Waals surface area contributed by atoms with Gasteiger partial charge in [-0.1, -0.05) is 12.1 Å². The fourth-order valence-corrected chi connectivity index (χ4v) is 4.66. The summed E-state index contributed by atoms with van der Waals surface area (Å²) in [5.41, 5.74) is -0.0578. The summed E-state index contributed by atoms with van der Waals surface area (Å²) in [6.45, 7) is 2.64. The Balaban J connectivity index is 1.64. The summed E-state index contributed by atoms with van der Waals surface area (Å²) in [5.74, 6) is -2.29. The number of piperidine rings is 1. The van der Waals surface area contributed by atoms with Gasteiger partial charge in [0, 0.05) is 45.6 Å². The number of benzene rings is 1. The summed E-state index contributed by atoms with van der Waals surface area (Å²) >= 11 is 0. The Morgan fingerprint density at radius 2 is 1.78 bits per heavy atom. The minimum atomic E-state index is -0.626. The van der Waals surface area contributed by atoms with E-state index in [4.69, 9.17) is 0 Å². The lowest BCUT2D eigenvalue weighted by atomic mass is 9.95. The largest absolute Gasteiger partial charge is 0.504 e. The van der Waals surface area contributed by atoms with Crippen LogP contribution in [0.3, 0.4) is 0 Å². The monoisotopic (exact) mass is 443 g/mol. The first-order valence-electron chi connectivity index (χ1n) is 10.8. The van der Waals surface area contributed by atoms with Crippen LogP contribution in [0.4, 0.5) is 4.39 Å². The van der Waals surface area contributed by atoms with E-state index in [0.717, 1.165) is 12.8 Å². The van der Waals surface area contributed by atoms with Crippen LogP contribution in [-0.2, 0) is 24.3 Å². The number of amides is 2. The molecule has 2 aromatic rings. The number of hydrogen-bond donors (Lipinski definition) is 2. The molecule has 0 bridgehead atoms. The fourth-order valence-electron chi connectivity index (χ4n) is 4.66. The second-order valence-corrected chi connectivity index (χ2v) is 8.40. The molecule has 0 aliphatic carbocycles. The van der Waals surface area contributed by atoms with E-state index in [1.807, 2.05) is 0 Å². The zero-order valence-electron chi connectivity index (χ0n) is 17.9. The molecular formula is C23H26FN3O5. The summed E-state index contributed by atoms with van der Waals surface area (Å²) in [6.07, 6.45) is 2.61. The van der Waals surface area contributed by atoms with Crippen molar-refractivity contribution < 1.29 is 24.2 Å². The molecule has 8 nitrogen and oxygen atoms in total. The van der Waals surface area contributed by atoms with Crippen LogP contribution in [0.15, 0.2) is 29.1 Å². The molecule has 1 saturated heterocycles. The number of fused-ring (bicyclic) bond motifs is 1. The summed E-state index contributed by atoms with van der Waals surface area (Å²) in [4.78, 5) is 41.3. The van der Waals surface area contributed by atoms with Gasteiger partial charge in [-0.15, -0.1) is 0 Å². The number of carbonyl (C=O) groups is 2. The van der Waals surface area contributed by atoms with E-state index in [2.05, 4.69) is 0 Å². The lowest BCUT2D eigenvalue weighted by molar-refractivity contribution is -0.132. The molecule has 3 heterocycles. The van der Waals surface area contributed by atoms with E-state index in [0.29, 0.717) is 18.5 Å². The molecule has 0 spiro atoms. The van der Waals surface area contributed by atoms with Crippen LogP contribution in [-0.4, -0.2) is 55.5 Å². The third-order valence-electron chi connectivity index (χ3n) is 6.35. The average Bonchev–Trinajstić information content (AvgIpc) is 2.78. The van der Waals surface area contributed by atoms with Crippen molar-refractivity contribution in [1.82, 2.24) is 14.4 Å². The molecule has 0 radical (unpaired) electrons. The molecule has 2 N–H and O–H groups in total. The highest BCUT2D eigenvalue weighted by molar-refractivity contribution is 5.96. The van der Waals surface area contributed by atoms with Gasteiger partial charge in [0.25, 0.3) is 11.5 Å². The van der Waals surface area contributed by atoms with E-state index in [1.165, 1.54) is 28.5 Å². The maximum atomic E-state index is 13.2. The number of halogens is 1. The number of aromatic nitrogens is 1. The highest BCUT2D eigenvalue weighted by Crippen LogP contribution is 2.35. The van der Waals surface area contributed by atoms with Gasteiger partial charge in [-0.3, -0.25) is 19.0 Å². The summed E-state index contributed by atoms with van der Waals surface area (Å²) in [5, 5.41) is 21.3. The molecule has 1 atom stereocenters. The molecule has 2 aliphatic heterocycles. The Hall–Kier alpha value is -3.36. The zero-order chi connectivity index (χ0) is 23.0. The van der Waals surface area contributed by atoms with E-state index in [9.17, 15) is 29.0 Å². The van der Waals surface area contributed by atoms with Crippen LogP contribution < -0.4 is 5.56 Å². The van der Waals surface area contributed by atoms with Crippen molar-refractivity contribution in [2.45, 2.75) is 51.7 Å². The van der Waals surface area contributed by atoms with Crippen LogP contribution >= 0.6 is 0 Å². The van der Waals surface area contributed by atoms with E-state index >= 15 is 0 Å². The van der Waals surface area contributed by atoms with Gasteiger partial charge in [-0.2, -0.15) is 0 Å². The van der Waals surface area contributed by atoms with Gasteiger partial charge in [0.1, 0.15) is 5.82 Å². The molecule has 2 aliphatic rings. The Kier molecular flexibility index (Phi) is 5.90. The Labute approximate surface area is 184 Å². The average molecular weight is 443 g/mol. The maximum Gasteiger partial charge on any atom is 0.274 e. The van der Waals surface area contributed by atoms with Gasteiger partial charge >= 0.3 is 0 Å². The minimum Gasteiger partial charge on any atom is -0.504 e. The topological polar surface area (TPSA) is 103 Å². The van der Waals surface area contributed by atoms with Gasteiger partial charge in [0.2, 0.25) is 5.91 Å². The number of likely N-dealkylation sites (tertiary alicyclic amines) is 1. The van der Waals surface area contributed by atoms with Crippen LogP contribution in [0.25, 0.3) is 0 Å². The second kappa shape index (κ2) is 8.64. The van der Waals surface area contributed by atoms with Crippen molar-refractivity contribution >= 4 is 11.8 Å². The number of aromatic hydroxyl groups is 2. The molecule has 1 aromatic heterocycles. The first kappa shape index (κ1) is 21.9. The van der Waals surface area contributed by atoms with Gasteiger partial charge in [-0.05, 0) is 37.0 Å². The highest BCUT2D eigenvalue weighted by atomic mass is 19.1. The first-order chi connectivity index (χ1) is 15.3. The van der Waals surface area contributed by atoms with Crippen molar-refractivity contribution in [1.29, 1.82) is 0 Å². The molecular weight excluding hydrogens is 417 g/mol. The molecule has 0 saturated carbocycles. The molecule has 1 fully saturated rings. The van der Waals surface area contributed by atoms with Gasteiger partial charge < -0.3 is 20.0 Å². The van der Waals surface area contributed by atoms with E-state index < -0.39 is 23.0 Å². The van der Waals surface area contributed by atoms with Crippen molar-refractivity contribution in [3.8, 4) is 11.5 Å². The molecule has 1 aromatic carbocycles. The van der Waals surface area contributed by atoms with Gasteiger partial charge in [-0.25, -0.2) is 4.39 Å². The van der Waals surface area contributed by atoms with E-state index in [1.54, 1.807) is 17.0 Å². The molecule has 170 valence electrons. The fraction of sp³-hybridized carbons (Fsp3) is 0.435. The maximum absolute atomic E-state index is 13.2. The third-order valence-corrected chi connectivity index (χ3v) is 6.35. The molecule has 2 amide bonds. The standard InChI is InChI=1S/C23H26FN3O5/c1-14(28)26-9-3-2-4-17(26)12-18-20(29)21(30)19-23(32)25(10-11-27(19)22(18)31)13-15-5-7-16(24)8-6-15/h5-8,17,29-30H,2-4,9-13H2,1H3. The Morgan fingerprint density at radius 3 is 2.47 bits per heavy atom. The quantitative estimate of drug-likeness (QED) is 0.753. The predicted octanol–water partition coefficient (Wildman–Crippen LogP) is 2.00. The van der Waals surface area contributed by atoms with Crippen LogP contribution in [0.2, 0.25) is 0 Å². The number of carbonyl (C=O) groups excluding carboxylic acids is 2. The van der Waals surface area contributed by atoms with Gasteiger partial charge in [0.15, 0.2) is 17.2 Å². The summed E-state index contributed by atoms with van der Waals surface area (Å²) in [6, 6.07) is 5.48. The van der Waals surface area contributed by atoms with Crippen molar-refractivity contribution in [3.05, 3.63) is 57.3 Å².